The fourth-order valence-corrected chi connectivity index (χ4v) is 2.17. The van der Waals surface area contributed by atoms with Crippen LogP contribution < -0.4 is 4.90 Å². The molecular weight excluding hydrogens is 282 g/mol. The molecule has 0 bridgehead atoms. The molecule has 0 spiro atoms. The van der Waals surface area contributed by atoms with Crippen LogP contribution in [-0.4, -0.2) is 33.4 Å². The van der Waals surface area contributed by atoms with Crippen LogP contribution >= 0.6 is 0 Å². The molecule has 0 radical (unpaired) electrons. The van der Waals surface area contributed by atoms with Crippen LogP contribution in [0.2, 0.25) is 0 Å². The average molecular weight is 295 g/mol. The van der Waals surface area contributed by atoms with Gasteiger partial charge in [0.2, 0.25) is 0 Å². The highest BCUT2D eigenvalue weighted by Crippen LogP contribution is 2.17. The number of imidazole rings is 1. The van der Waals surface area contributed by atoms with Crippen molar-refractivity contribution >= 4 is 23.2 Å². The Morgan fingerprint density at radius 2 is 1.77 bits per heavy atom. The molecule has 3 aromatic rings. The van der Waals surface area contributed by atoms with E-state index in [2.05, 4.69) is 4.98 Å². The maximum absolute atomic E-state index is 12.5. The van der Waals surface area contributed by atoms with E-state index < -0.39 is 5.97 Å². The number of carboxylic acid groups (broad SMARTS) is 1. The minimum Gasteiger partial charge on any atom is -0.478 e. The van der Waals surface area contributed by atoms with Gasteiger partial charge in [0.1, 0.15) is 5.65 Å². The Hall–Kier alpha value is -3.15. The van der Waals surface area contributed by atoms with E-state index in [1.54, 1.807) is 19.4 Å². The van der Waals surface area contributed by atoms with Crippen molar-refractivity contribution in [3.8, 4) is 0 Å². The number of carbonyl (C=O) groups excluding carboxylic acids is 1. The number of amides is 1. The number of pyridine rings is 1. The van der Waals surface area contributed by atoms with Crippen molar-refractivity contribution in [2.45, 2.75) is 0 Å². The first kappa shape index (κ1) is 13.8. The quantitative estimate of drug-likeness (QED) is 0.804. The van der Waals surface area contributed by atoms with Gasteiger partial charge in [0.05, 0.1) is 11.3 Å². The summed E-state index contributed by atoms with van der Waals surface area (Å²) in [6.07, 6.45) is 5.30. The molecule has 6 heteroatoms. The van der Waals surface area contributed by atoms with Gasteiger partial charge >= 0.3 is 5.97 Å². The molecule has 1 N–H and O–H groups in total. The highest BCUT2D eigenvalue weighted by atomic mass is 16.4. The minimum absolute atomic E-state index is 0.152. The van der Waals surface area contributed by atoms with Crippen LogP contribution in [0.3, 0.4) is 0 Å². The Balaban J connectivity index is 1.88. The van der Waals surface area contributed by atoms with Crippen molar-refractivity contribution in [3.63, 3.8) is 0 Å². The van der Waals surface area contributed by atoms with Gasteiger partial charge in [-0.15, -0.1) is 0 Å². The van der Waals surface area contributed by atoms with Crippen molar-refractivity contribution in [1.29, 1.82) is 0 Å². The van der Waals surface area contributed by atoms with Gasteiger partial charge in [-0.2, -0.15) is 0 Å². The molecule has 0 aliphatic rings. The molecule has 0 aliphatic heterocycles. The maximum Gasteiger partial charge on any atom is 0.335 e. The zero-order valence-corrected chi connectivity index (χ0v) is 11.8. The second-order valence-electron chi connectivity index (χ2n) is 4.83. The number of benzene rings is 1. The summed E-state index contributed by atoms with van der Waals surface area (Å²) in [6, 6.07) is 9.50. The number of fused-ring (bicyclic) bond motifs is 1. The lowest BCUT2D eigenvalue weighted by atomic mass is 10.1. The summed E-state index contributed by atoms with van der Waals surface area (Å²) in [6.45, 7) is 0. The third-order valence-electron chi connectivity index (χ3n) is 3.44. The SMILES string of the molecule is CN(C(=O)c1ccc(C(=O)O)cc1)c1ccc2nccn2c1. The first-order valence-electron chi connectivity index (χ1n) is 6.60. The van der Waals surface area contributed by atoms with Crippen molar-refractivity contribution in [1.82, 2.24) is 9.38 Å². The molecule has 2 aromatic heterocycles. The average Bonchev–Trinajstić information content (AvgIpc) is 3.01. The van der Waals surface area contributed by atoms with Gasteiger partial charge in [0, 0.05) is 31.2 Å². The molecule has 1 amide bonds. The summed E-state index contributed by atoms with van der Waals surface area (Å²) >= 11 is 0. The fraction of sp³-hybridized carbons (Fsp3) is 0.0625. The summed E-state index contributed by atoms with van der Waals surface area (Å²) in [5.74, 6) is -1.23. The van der Waals surface area contributed by atoms with E-state index in [1.165, 1.54) is 29.2 Å². The Morgan fingerprint density at radius 3 is 2.45 bits per heavy atom. The largest absolute Gasteiger partial charge is 0.478 e. The highest BCUT2D eigenvalue weighted by molar-refractivity contribution is 6.06. The molecule has 0 atom stereocenters. The van der Waals surface area contributed by atoms with Gasteiger partial charge in [-0.25, -0.2) is 9.78 Å². The Labute approximate surface area is 126 Å². The topological polar surface area (TPSA) is 74.9 Å². The first-order chi connectivity index (χ1) is 10.6. The summed E-state index contributed by atoms with van der Waals surface area (Å²) in [5.41, 5.74) is 2.10. The number of rotatable bonds is 3. The predicted octanol–water partition coefficient (Wildman–Crippen LogP) is 2.31. The number of carbonyl (C=O) groups is 2. The Morgan fingerprint density at radius 1 is 1.09 bits per heavy atom. The van der Waals surface area contributed by atoms with Crippen LogP contribution in [0.4, 0.5) is 5.69 Å². The monoisotopic (exact) mass is 295 g/mol. The Kier molecular flexibility index (Phi) is 3.34. The van der Waals surface area contributed by atoms with E-state index in [9.17, 15) is 9.59 Å². The zero-order chi connectivity index (χ0) is 15.7. The number of anilines is 1. The lowest BCUT2D eigenvalue weighted by Crippen LogP contribution is -2.26. The van der Waals surface area contributed by atoms with Crippen LogP contribution in [0.15, 0.2) is 55.0 Å². The third-order valence-corrected chi connectivity index (χ3v) is 3.44. The standard InChI is InChI=1S/C16H13N3O3/c1-18(13-6-7-14-17-8-9-19(14)10-13)15(20)11-2-4-12(5-3-11)16(21)22/h2-10H,1H3,(H,21,22). The summed E-state index contributed by atoms with van der Waals surface area (Å²) < 4.78 is 1.83. The molecule has 0 saturated heterocycles. The second kappa shape index (κ2) is 5.33. The number of nitrogens with zero attached hydrogens (tertiary/aromatic N) is 3. The van der Waals surface area contributed by atoms with E-state index in [4.69, 9.17) is 5.11 Å². The van der Waals surface area contributed by atoms with Gasteiger partial charge in [-0.05, 0) is 36.4 Å². The molecule has 0 unspecified atom stereocenters. The molecule has 0 saturated carbocycles. The van der Waals surface area contributed by atoms with Crippen LogP contribution in [0, 0.1) is 0 Å². The molecule has 2 heterocycles. The molecule has 6 nitrogen and oxygen atoms in total. The molecular formula is C16H13N3O3. The van der Waals surface area contributed by atoms with E-state index in [0.29, 0.717) is 5.56 Å². The highest BCUT2D eigenvalue weighted by Gasteiger charge is 2.14. The molecule has 0 fully saturated rings. The van der Waals surface area contributed by atoms with Crippen LogP contribution in [0.1, 0.15) is 20.7 Å². The number of aromatic nitrogens is 2. The van der Waals surface area contributed by atoms with Crippen molar-refractivity contribution in [2.24, 2.45) is 0 Å². The zero-order valence-electron chi connectivity index (χ0n) is 11.8. The van der Waals surface area contributed by atoms with Gasteiger partial charge in [0.15, 0.2) is 0 Å². The molecule has 1 aromatic carbocycles. The number of hydrogen-bond donors (Lipinski definition) is 1. The van der Waals surface area contributed by atoms with E-state index >= 15 is 0 Å². The van der Waals surface area contributed by atoms with Crippen molar-refractivity contribution in [2.75, 3.05) is 11.9 Å². The van der Waals surface area contributed by atoms with Crippen molar-refractivity contribution < 1.29 is 14.7 Å². The van der Waals surface area contributed by atoms with Gasteiger partial charge < -0.3 is 14.4 Å². The van der Waals surface area contributed by atoms with Crippen LogP contribution in [-0.2, 0) is 0 Å². The minimum atomic E-state index is -1.02. The number of aromatic carboxylic acids is 1. The number of hydrogen-bond acceptors (Lipinski definition) is 3. The number of carboxylic acids is 1. The first-order valence-corrected chi connectivity index (χ1v) is 6.60. The van der Waals surface area contributed by atoms with E-state index in [1.807, 2.05) is 22.7 Å². The fourth-order valence-electron chi connectivity index (χ4n) is 2.17. The molecule has 22 heavy (non-hydrogen) atoms. The van der Waals surface area contributed by atoms with Crippen molar-refractivity contribution in [3.05, 3.63) is 66.1 Å². The van der Waals surface area contributed by atoms with E-state index in [0.717, 1.165) is 11.3 Å². The maximum atomic E-state index is 12.5. The third kappa shape index (κ3) is 2.42. The van der Waals surface area contributed by atoms with Crippen LogP contribution in [0.5, 0.6) is 0 Å². The van der Waals surface area contributed by atoms with Gasteiger partial charge in [-0.1, -0.05) is 0 Å². The predicted molar refractivity (Wildman–Crippen MR) is 81.3 cm³/mol. The molecule has 0 aliphatic carbocycles. The molecule has 110 valence electrons. The smallest absolute Gasteiger partial charge is 0.335 e. The van der Waals surface area contributed by atoms with Gasteiger partial charge in [-0.3, -0.25) is 4.79 Å². The summed E-state index contributed by atoms with van der Waals surface area (Å²) in [7, 11) is 1.67. The second-order valence-corrected chi connectivity index (χ2v) is 4.83. The lowest BCUT2D eigenvalue weighted by Gasteiger charge is -2.17. The summed E-state index contributed by atoms with van der Waals surface area (Å²) in [5, 5.41) is 8.88. The van der Waals surface area contributed by atoms with Crippen LogP contribution in [0.25, 0.3) is 5.65 Å². The lowest BCUT2D eigenvalue weighted by molar-refractivity contribution is 0.0696. The van der Waals surface area contributed by atoms with Gasteiger partial charge in [0.25, 0.3) is 5.91 Å². The van der Waals surface area contributed by atoms with E-state index in [-0.39, 0.29) is 11.5 Å². The Bertz CT molecular complexity index is 852. The molecule has 3 rings (SSSR count). The summed E-state index contributed by atoms with van der Waals surface area (Å²) in [4.78, 5) is 28.9. The normalized spacial score (nSPS) is 10.6.